The van der Waals surface area contributed by atoms with E-state index >= 15 is 0 Å². The van der Waals surface area contributed by atoms with Gasteiger partial charge in [0.1, 0.15) is 0 Å². The standard InChI is InChI=1S/C35H28S8.C31H12S10.C26H10S8/c1-14(2)19-9-24-28(36-19)12-26(38-24)22-7-17-31-32(43-30-11-21(16(5)6)40-35(30)31)18-8-23(42-34(18)33(17)41-22)27-13-29-25(39-27)10-20(37-29)15(3)4;1-11-6-20-27(34-11)23-12-7-16(18-9-21-30(39-18)28-14(35-21)2-4-32-28)37-25(12)26-13(24(23)41-20)8-17(38-26)19-10-22-31(40-19)29-15(36-22)3-5-33-29;1-4-27-16-9-20(30-13(1)16)18-7-11-22-23(32-15-3-6-29-26(15)22)12-8-19(34-25(12)24(11)33-18)21-10-17-14(31-21)2-5-28-17/h7-16H,1-6H3;2-10H,1H3;1-10H. The van der Waals surface area contributed by atoms with Crippen LogP contribution in [0.15, 0.2) is 154 Å². The van der Waals surface area contributed by atoms with Crippen LogP contribution in [0.4, 0.5) is 0 Å². The molecule has 0 radical (unpaired) electrons. The summed E-state index contributed by atoms with van der Waals surface area (Å²) < 4.78 is 44.8. The fourth-order valence-corrected chi connectivity index (χ4v) is 48.9. The third-order valence-electron chi connectivity index (χ3n) is 22.1. The molecule has 0 amide bonds. The van der Waals surface area contributed by atoms with Crippen LogP contribution in [0.25, 0.3) is 253 Å². The quantitative estimate of drug-likeness (QED) is 0.135. The first-order chi connectivity index (χ1) is 57.7. The average molecular weight is 1990 g/mol. The lowest BCUT2D eigenvalue weighted by molar-refractivity contribution is 0.890. The lowest BCUT2D eigenvalue weighted by Crippen LogP contribution is -1.77. The van der Waals surface area contributed by atoms with Gasteiger partial charge in [-0.25, -0.2) is 0 Å². The summed E-state index contributed by atoms with van der Waals surface area (Å²) in [7, 11) is 0. The van der Waals surface area contributed by atoms with Crippen molar-refractivity contribution in [2.24, 2.45) is 0 Å². The molecule has 0 aliphatic carbocycles. The molecule has 26 heteroatoms. The second-order valence-electron chi connectivity index (χ2n) is 30.5. The van der Waals surface area contributed by atoms with Gasteiger partial charge < -0.3 is 0 Å². The molecule has 29 rings (SSSR count). The molecule has 0 aliphatic rings. The van der Waals surface area contributed by atoms with Crippen molar-refractivity contribution in [1.82, 2.24) is 0 Å². The van der Waals surface area contributed by atoms with Crippen LogP contribution in [0.1, 0.15) is 78.8 Å². The van der Waals surface area contributed by atoms with E-state index in [1.54, 1.807) is 0 Å². The molecule has 0 fully saturated rings. The molecule has 0 aliphatic heterocycles. The molecule has 0 unspecified atom stereocenters. The van der Waals surface area contributed by atoms with Gasteiger partial charge in [-0.15, -0.1) is 295 Å². The Hall–Kier alpha value is -4.94. The van der Waals surface area contributed by atoms with E-state index in [1.165, 1.54) is 272 Å². The largest absolute Gasteiger partial charge is 0.143 e. The molecule has 0 bridgehead atoms. The van der Waals surface area contributed by atoms with Crippen LogP contribution in [0.5, 0.6) is 0 Å². The Morgan fingerprint density at radius 3 is 0.873 bits per heavy atom. The molecular weight excluding hydrogens is 1940 g/mol. The number of rotatable bonds is 9. The van der Waals surface area contributed by atoms with E-state index < -0.39 is 0 Å². The monoisotopic (exact) mass is 1990 g/mol. The van der Waals surface area contributed by atoms with E-state index in [0.717, 1.165) is 0 Å². The summed E-state index contributed by atoms with van der Waals surface area (Å²) in [6.07, 6.45) is 0. The van der Waals surface area contributed by atoms with Crippen molar-refractivity contribution in [3.05, 3.63) is 174 Å². The van der Waals surface area contributed by atoms with E-state index in [1.807, 2.05) is 295 Å². The maximum atomic E-state index is 2.52. The molecule has 0 saturated heterocycles. The normalized spacial score (nSPS) is 12.9. The lowest BCUT2D eigenvalue weighted by Gasteiger charge is -1.99. The van der Waals surface area contributed by atoms with Crippen LogP contribution in [-0.2, 0) is 0 Å². The van der Waals surface area contributed by atoms with Crippen LogP contribution in [0, 0.1) is 6.92 Å². The van der Waals surface area contributed by atoms with Crippen molar-refractivity contribution in [2.45, 2.75) is 66.2 Å². The van der Waals surface area contributed by atoms with Gasteiger partial charge in [0.2, 0.25) is 0 Å². The van der Waals surface area contributed by atoms with Crippen LogP contribution in [0.2, 0.25) is 0 Å². The Morgan fingerprint density at radius 1 is 0.169 bits per heavy atom. The molecule has 0 spiro atoms. The van der Waals surface area contributed by atoms with Gasteiger partial charge in [-0.3, -0.25) is 0 Å². The topological polar surface area (TPSA) is 0 Å². The Balaban J connectivity index is 0.0000000947. The second kappa shape index (κ2) is 27.5. The number of aryl methyl sites for hydroxylation is 1. The van der Waals surface area contributed by atoms with Crippen molar-refractivity contribution >= 4 is 489 Å². The van der Waals surface area contributed by atoms with Gasteiger partial charge in [-0.05, 0) is 179 Å². The van der Waals surface area contributed by atoms with Crippen molar-refractivity contribution in [3.63, 3.8) is 0 Å². The zero-order chi connectivity index (χ0) is 77.8. The minimum Gasteiger partial charge on any atom is -0.143 e. The first kappa shape index (κ1) is 73.4. The van der Waals surface area contributed by atoms with E-state index in [4.69, 9.17) is 0 Å². The minimum atomic E-state index is 0.559. The van der Waals surface area contributed by atoms with Crippen molar-refractivity contribution in [1.29, 1.82) is 0 Å². The smallest absolute Gasteiger partial charge is 0.0636 e. The number of benzene rings is 3. The molecule has 0 N–H and O–H groups in total. The van der Waals surface area contributed by atoms with E-state index in [-0.39, 0.29) is 0 Å². The summed E-state index contributed by atoms with van der Waals surface area (Å²) >= 11 is 50.8. The zero-order valence-electron chi connectivity index (χ0n) is 62.4. The average Bonchev–Trinajstić information content (AvgIpc) is 1.56. The highest BCUT2D eigenvalue weighted by atomic mass is 32.2. The maximum Gasteiger partial charge on any atom is 0.0636 e. The maximum absolute atomic E-state index is 2.52. The molecule has 26 heterocycles. The molecule has 3 aromatic carbocycles. The van der Waals surface area contributed by atoms with Gasteiger partial charge in [0.25, 0.3) is 0 Å². The molecule has 0 atom stereocenters. The molecule has 26 aromatic heterocycles. The van der Waals surface area contributed by atoms with Crippen molar-refractivity contribution < 1.29 is 0 Å². The lowest BCUT2D eigenvalue weighted by atomic mass is 10.1. The summed E-state index contributed by atoms with van der Waals surface area (Å²) in [5, 5.41) is 24.2. The Labute approximate surface area is 776 Å². The first-order valence-corrected chi connectivity index (χ1v) is 59.5. The number of hydrogen-bond donors (Lipinski definition) is 0. The van der Waals surface area contributed by atoms with Crippen molar-refractivity contribution in [3.8, 4) is 58.5 Å². The summed E-state index contributed by atoms with van der Waals surface area (Å²) in [4.78, 5) is 22.8. The van der Waals surface area contributed by atoms with E-state index in [2.05, 4.69) is 203 Å². The predicted molar refractivity (Wildman–Crippen MR) is 574 cm³/mol. The first-order valence-electron chi connectivity index (χ1n) is 38.0. The van der Waals surface area contributed by atoms with E-state index in [9.17, 15) is 0 Å². The number of hydrogen-bond acceptors (Lipinski definition) is 26. The fourth-order valence-electron chi connectivity index (χ4n) is 16.6. The van der Waals surface area contributed by atoms with Crippen LogP contribution in [-0.4, -0.2) is 0 Å². The van der Waals surface area contributed by atoms with Gasteiger partial charge in [-0.2, -0.15) is 0 Å². The molecule has 574 valence electrons. The van der Waals surface area contributed by atoms with Gasteiger partial charge >= 0.3 is 0 Å². The minimum absolute atomic E-state index is 0.559. The second-order valence-corrected chi connectivity index (χ2v) is 57.8. The Bertz CT molecular complexity index is 9060. The molecule has 0 nitrogen and oxygen atoms in total. The third kappa shape index (κ3) is 11.3. The van der Waals surface area contributed by atoms with Crippen LogP contribution < -0.4 is 0 Å². The van der Waals surface area contributed by atoms with Crippen LogP contribution >= 0.6 is 295 Å². The predicted octanol–water partition coefficient (Wildman–Crippen LogP) is 43.4. The van der Waals surface area contributed by atoms with Gasteiger partial charge in [-0.1, -0.05) is 41.5 Å². The zero-order valence-corrected chi connectivity index (χ0v) is 83.6. The van der Waals surface area contributed by atoms with Crippen LogP contribution in [0.3, 0.4) is 0 Å². The number of fused-ring (bicyclic) bond motifs is 34. The van der Waals surface area contributed by atoms with Gasteiger partial charge in [0.05, 0.1) is 61.1 Å². The van der Waals surface area contributed by atoms with Crippen molar-refractivity contribution in [2.75, 3.05) is 0 Å². The Morgan fingerprint density at radius 2 is 0.449 bits per heavy atom. The summed E-state index contributed by atoms with van der Waals surface area (Å²) in [5.41, 5.74) is 0. The van der Waals surface area contributed by atoms with E-state index in [0.29, 0.717) is 17.8 Å². The SMILES string of the molecule is CC(C)c1cc2sc(-c3cc4c(s3)c3sc(-c5cc6sc(C(C)C)cc6s5)cc3c3c5sc(C(C)C)cc5sc43)cc2s1.Cc1cc2sc3c4cc(-c5cc6sc7ccsc7c6s5)sc4c4sc(-c5cc6sc7ccsc7c6s5)cc4c3c2s1.c1cc2sc(-c3cc4c(s3)c3sc(-c5cc6sccc6s5)cc3c3c5sccc5sc43)cc2s1. The molecular formula is C92H50S26. The fraction of sp³-hybridized carbons (Fsp3) is 0.109. The van der Waals surface area contributed by atoms with Gasteiger partial charge in [0, 0.05) is 211 Å². The molecule has 118 heavy (non-hydrogen) atoms. The number of thiophene rings is 26. The Kier molecular flexibility index (Phi) is 17.1. The third-order valence-corrected chi connectivity index (χ3v) is 54.5. The van der Waals surface area contributed by atoms with Gasteiger partial charge in [0.15, 0.2) is 0 Å². The molecule has 0 saturated carbocycles. The summed E-state index contributed by atoms with van der Waals surface area (Å²) in [6.45, 7) is 16.1. The molecule has 29 aromatic rings. The highest BCUT2D eigenvalue weighted by molar-refractivity contribution is 7.44. The summed E-state index contributed by atoms with van der Waals surface area (Å²) in [6, 6.07) is 50.6. The highest BCUT2D eigenvalue weighted by Crippen LogP contribution is 2.61. The highest BCUT2D eigenvalue weighted by Gasteiger charge is 2.29. The summed E-state index contributed by atoms with van der Waals surface area (Å²) in [5.74, 6) is 1.74.